The van der Waals surface area contributed by atoms with Gasteiger partial charge in [-0.05, 0) is 38.5 Å². The number of hydrogen-bond donors (Lipinski definition) is 0. The number of ketones is 2. The lowest BCUT2D eigenvalue weighted by atomic mass is 10.0. The predicted octanol–water partition coefficient (Wildman–Crippen LogP) is 1.94. The van der Waals surface area contributed by atoms with E-state index in [2.05, 4.69) is 0 Å². The van der Waals surface area contributed by atoms with E-state index < -0.39 is 5.60 Å². The molecule has 1 aromatic carbocycles. The largest absolute Gasteiger partial charge is 0.485 e. The normalized spacial score (nSPS) is 21.5. The molecule has 0 N–H and O–H groups in total. The van der Waals surface area contributed by atoms with Crippen LogP contribution < -0.4 is 9.47 Å². The van der Waals surface area contributed by atoms with Crippen LogP contribution in [0, 0.1) is 0 Å². The fourth-order valence-electron chi connectivity index (χ4n) is 1.81. The zero-order valence-corrected chi connectivity index (χ0v) is 10.8. The minimum Gasteiger partial charge on any atom is -0.485 e. The number of benzene rings is 1. The van der Waals surface area contributed by atoms with Gasteiger partial charge in [0.05, 0.1) is 0 Å². The monoisotopic (exact) mass is 248 g/mol. The van der Waals surface area contributed by atoms with E-state index in [9.17, 15) is 9.59 Å². The lowest BCUT2D eigenvalue weighted by Gasteiger charge is -2.33. The molecule has 0 unspecified atom stereocenters. The first-order valence-electron chi connectivity index (χ1n) is 5.86. The first kappa shape index (κ1) is 12.6. The average molecular weight is 248 g/mol. The highest BCUT2D eigenvalue weighted by molar-refractivity contribution is 5.85. The third-order valence-electron chi connectivity index (χ3n) is 3.04. The van der Waals surface area contributed by atoms with Crippen molar-refractivity contribution in [2.75, 3.05) is 6.61 Å². The van der Waals surface area contributed by atoms with Crippen molar-refractivity contribution < 1.29 is 19.1 Å². The predicted molar refractivity (Wildman–Crippen MR) is 66.0 cm³/mol. The van der Waals surface area contributed by atoms with Crippen LogP contribution in [0.15, 0.2) is 18.2 Å². The molecule has 4 heteroatoms. The molecule has 1 atom stereocenters. The Morgan fingerprint density at radius 1 is 1.28 bits per heavy atom. The first-order valence-corrected chi connectivity index (χ1v) is 5.86. The number of fused-ring (bicyclic) bond motifs is 1. The van der Waals surface area contributed by atoms with E-state index >= 15 is 0 Å². The summed E-state index contributed by atoms with van der Waals surface area (Å²) in [5.74, 6) is 1.17. The van der Waals surface area contributed by atoms with E-state index in [0.29, 0.717) is 17.9 Å². The Morgan fingerprint density at radius 3 is 2.61 bits per heavy atom. The molecule has 1 aromatic rings. The van der Waals surface area contributed by atoms with Crippen molar-refractivity contribution in [3.05, 3.63) is 23.8 Å². The Morgan fingerprint density at radius 2 is 2.00 bits per heavy atom. The highest BCUT2D eigenvalue weighted by Crippen LogP contribution is 2.36. The second-order valence-electron chi connectivity index (χ2n) is 4.84. The van der Waals surface area contributed by atoms with Gasteiger partial charge < -0.3 is 9.47 Å². The van der Waals surface area contributed by atoms with E-state index in [1.54, 1.807) is 26.0 Å². The third kappa shape index (κ3) is 2.37. The number of carbonyl (C=O) groups is 2. The SMILES string of the molecule is CC(=O)Cc1ccc2c(c1)OC[C@](C)(C(C)=O)O2. The molecule has 18 heavy (non-hydrogen) atoms. The first-order chi connectivity index (χ1) is 8.40. The second kappa shape index (κ2) is 4.44. The van der Waals surface area contributed by atoms with Gasteiger partial charge in [0.15, 0.2) is 22.9 Å². The summed E-state index contributed by atoms with van der Waals surface area (Å²) in [5.41, 5.74) is -0.0361. The van der Waals surface area contributed by atoms with Gasteiger partial charge in [0.2, 0.25) is 0 Å². The summed E-state index contributed by atoms with van der Waals surface area (Å²) >= 11 is 0. The van der Waals surface area contributed by atoms with Crippen molar-refractivity contribution in [3.8, 4) is 11.5 Å². The van der Waals surface area contributed by atoms with E-state index in [-0.39, 0.29) is 18.2 Å². The fourth-order valence-corrected chi connectivity index (χ4v) is 1.81. The molecule has 0 aromatic heterocycles. The summed E-state index contributed by atoms with van der Waals surface area (Å²) in [5, 5.41) is 0. The summed E-state index contributed by atoms with van der Waals surface area (Å²) in [4.78, 5) is 22.6. The van der Waals surface area contributed by atoms with Crippen molar-refractivity contribution in [2.45, 2.75) is 32.8 Å². The van der Waals surface area contributed by atoms with Crippen molar-refractivity contribution in [1.29, 1.82) is 0 Å². The van der Waals surface area contributed by atoms with Gasteiger partial charge in [0.25, 0.3) is 0 Å². The van der Waals surface area contributed by atoms with Gasteiger partial charge in [-0.3, -0.25) is 9.59 Å². The molecule has 0 fully saturated rings. The molecule has 0 amide bonds. The Balaban J connectivity index is 2.26. The van der Waals surface area contributed by atoms with Crippen LogP contribution in [0.25, 0.3) is 0 Å². The molecule has 0 aliphatic carbocycles. The smallest absolute Gasteiger partial charge is 0.197 e. The molecule has 0 saturated heterocycles. The Kier molecular flexibility index (Phi) is 3.11. The summed E-state index contributed by atoms with van der Waals surface area (Å²) in [6.07, 6.45) is 0.376. The van der Waals surface area contributed by atoms with Crippen LogP contribution in [0.3, 0.4) is 0 Å². The van der Waals surface area contributed by atoms with Gasteiger partial charge in [-0.2, -0.15) is 0 Å². The highest BCUT2D eigenvalue weighted by atomic mass is 16.6. The van der Waals surface area contributed by atoms with E-state index in [0.717, 1.165) is 5.56 Å². The van der Waals surface area contributed by atoms with Crippen LogP contribution in [0.5, 0.6) is 11.5 Å². The topological polar surface area (TPSA) is 52.6 Å². The van der Waals surface area contributed by atoms with Crippen molar-refractivity contribution in [1.82, 2.24) is 0 Å². The molecule has 4 nitrogen and oxygen atoms in total. The van der Waals surface area contributed by atoms with Gasteiger partial charge in [-0.1, -0.05) is 6.07 Å². The molecule has 0 radical (unpaired) electrons. The van der Waals surface area contributed by atoms with Gasteiger partial charge in [-0.25, -0.2) is 0 Å². The molecule has 1 aliphatic rings. The molecule has 0 saturated carbocycles. The standard InChI is InChI=1S/C14H16O4/c1-9(15)6-11-4-5-12-13(7-11)17-8-14(3,18-12)10(2)16/h4-5,7H,6,8H2,1-3H3/t14-/m1/s1. The van der Waals surface area contributed by atoms with Gasteiger partial charge >= 0.3 is 0 Å². The molecule has 1 aliphatic heterocycles. The third-order valence-corrected chi connectivity index (χ3v) is 3.04. The average Bonchev–Trinajstić information content (AvgIpc) is 2.28. The maximum atomic E-state index is 11.5. The quantitative estimate of drug-likeness (QED) is 0.820. The summed E-state index contributed by atoms with van der Waals surface area (Å²) in [7, 11) is 0. The van der Waals surface area contributed by atoms with Crippen LogP contribution in [-0.4, -0.2) is 23.8 Å². The van der Waals surface area contributed by atoms with E-state index in [1.807, 2.05) is 6.07 Å². The zero-order valence-electron chi connectivity index (χ0n) is 10.8. The van der Waals surface area contributed by atoms with Crippen LogP contribution in [-0.2, 0) is 16.0 Å². The van der Waals surface area contributed by atoms with Crippen LogP contribution in [0.2, 0.25) is 0 Å². The minimum absolute atomic E-state index is 0.0686. The van der Waals surface area contributed by atoms with Gasteiger partial charge in [-0.15, -0.1) is 0 Å². The molecular formula is C14H16O4. The number of Topliss-reactive ketones (excluding diaryl/α,β-unsaturated/α-hetero) is 2. The van der Waals surface area contributed by atoms with Crippen LogP contribution in [0.4, 0.5) is 0 Å². The second-order valence-corrected chi connectivity index (χ2v) is 4.84. The number of hydrogen-bond acceptors (Lipinski definition) is 4. The van der Waals surface area contributed by atoms with E-state index in [4.69, 9.17) is 9.47 Å². The lowest BCUT2D eigenvalue weighted by Crippen LogP contribution is -2.47. The Labute approximate surface area is 106 Å². The van der Waals surface area contributed by atoms with E-state index in [1.165, 1.54) is 6.92 Å². The summed E-state index contributed by atoms with van der Waals surface area (Å²) in [6, 6.07) is 5.35. The number of rotatable bonds is 3. The highest BCUT2D eigenvalue weighted by Gasteiger charge is 2.37. The van der Waals surface area contributed by atoms with Gasteiger partial charge in [0, 0.05) is 6.42 Å². The molecular weight excluding hydrogens is 232 g/mol. The van der Waals surface area contributed by atoms with Crippen molar-refractivity contribution >= 4 is 11.6 Å². The fraction of sp³-hybridized carbons (Fsp3) is 0.429. The van der Waals surface area contributed by atoms with Crippen molar-refractivity contribution in [3.63, 3.8) is 0 Å². The molecule has 1 heterocycles. The van der Waals surface area contributed by atoms with Crippen LogP contribution >= 0.6 is 0 Å². The zero-order chi connectivity index (χ0) is 13.3. The molecule has 96 valence electrons. The molecule has 0 bridgehead atoms. The Hall–Kier alpha value is -1.84. The maximum absolute atomic E-state index is 11.5. The maximum Gasteiger partial charge on any atom is 0.197 e. The summed E-state index contributed by atoms with van der Waals surface area (Å²) in [6.45, 7) is 4.93. The van der Waals surface area contributed by atoms with Crippen LogP contribution in [0.1, 0.15) is 26.3 Å². The molecule has 0 spiro atoms. The minimum atomic E-state index is -0.922. The Bertz CT molecular complexity index is 507. The lowest BCUT2D eigenvalue weighted by molar-refractivity contribution is -0.135. The molecule has 2 rings (SSSR count). The van der Waals surface area contributed by atoms with Gasteiger partial charge in [0.1, 0.15) is 12.4 Å². The number of carbonyl (C=O) groups excluding carboxylic acids is 2. The van der Waals surface area contributed by atoms with Crippen molar-refractivity contribution in [2.24, 2.45) is 0 Å². The summed E-state index contributed by atoms with van der Waals surface area (Å²) < 4.78 is 11.2. The number of ether oxygens (including phenoxy) is 2.